The van der Waals surface area contributed by atoms with Gasteiger partial charge in [-0.3, -0.25) is 9.69 Å². The Hall–Kier alpha value is -1.79. The molecule has 7 heteroatoms. The first-order valence-electron chi connectivity index (χ1n) is 9.40. The van der Waals surface area contributed by atoms with E-state index in [4.69, 9.17) is 16.3 Å². The van der Waals surface area contributed by atoms with E-state index < -0.39 is 5.60 Å². The van der Waals surface area contributed by atoms with Gasteiger partial charge in [0.15, 0.2) is 0 Å². The summed E-state index contributed by atoms with van der Waals surface area (Å²) in [5.74, 6) is 0.00324. The fourth-order valence-corrected chi connectivity index (χ4v) is 3.14. The van der Waals surface area contributed by atoms with Crippen LogP contribution in [0.15, 0.2) is 24.3 Å². The van der Waals surface area contributed by atoms with Crippen molar-refractivity contribution in [1.29, 1.82) is 0 Å². The molecule has 2 amide bonds. The molecule has 2 rings (SSSR count). The highest BCUT2D eigenvalue weighted by Crippen LogP contribution is 2.15. The monoisotopic (exact) mass is 395 g/mol. The van der Waals surface area contributed by atoms with Crippen LogP contribution < -0.4 is 10.6 Å². The number of alkyl carbamates (subject to hydrolysis) is 1. The minimum atomic E-state index is -0.499. The van der Waals surface area contributed by atoms with Crippen LogP contribution in [0.1, 0.15) is 46.1 Å². The van der Waals surface area contributed by atoms with Gasteiger partial charge < -0.3 is 15.4 Å². The molecule has 0 saturated carbocycles. The Bertz CT molecular complexity index is 635. The van der Waals surface area contributed by atoms with Crippen LogP contribution in [0.3, 0.4) is 0 Å². The SMILES string of the molecule is CC(C(=O)NCc1ccc(Cl)cc1)N1CCC(NC(=O)OC(C)(C)C)CC1. The minimum absolute atomic E-state index is 0.00324. The average Bonchev–Trinajstić information content (AvgIpc) is 2.59. The van der Waals surface area contributed by atoms with Gasteiger partial charge in [-0.15, -0.1) is 0 Å². The lowest BCUT2D eigenvalue weighted by Crippen LogP contribution is -2.52. The second-order valence-corrected chi connectivity index (χ2v) is 8.41. The van der Waals surface area contributed by atoms with E-state index in [1.807, 2.05) is 52.0 Å². The molecule has 0 radical (unpaired) electrons. The maximum atomic E-state index is 12.4. The van der Waals surface area contributed by atoms with Gasteiger partial charge in [-0.25, -0.2) is 4.79 Å². The molecule has 1 aliphatic rings. The summed E-state index contributed by atoms with van der Waals surface area (Å²) >= 11 is 5.87. The van der Waals surface area contributed by atoms with Crippen LogP contribution in [-0.4, -0.2) is 47.7 Å². The molecule has 6 nitrogen and oxygen atoms in total. The van der Waals surface area contributed by atoms with E-state index in [1.165, 1.54) is 0 Å². The molecule has 1 aromatic carbocycles. The smallest absolute Gasteiger partial charge is 0.407 e. The predicted molar refractivity (Wildman–Crippen MR) is 107 cm³/mol. The zero-order valence-corrected chi connectivity index (χ0v) is 17.3. The number of likely N-dealkylation sites (tertiary alicyclic amines) is 1. The standard InChI is InChI=1S/C20H30ClN3O3/c1-14(18(25)22-13-15-5-7-16(21)8-6-15)24-11-9-17(10-12-24)23-19(26)27-20(2,3)4/h5-8,14,17H,9-13H2,1-4H3,(H,22,25)(H,23,26). The van der Waals surface area contributed by atoms with Crippen molar-refractivity contribution in [2.45, 2.75) is 64.8 Å². The fourth-order valence-electron chi connectivity index (χ4n) is 3.01. The van der Waals surface area contributed by atoms with Gasteiger partial charge in [0.25, 0.3) is 0 Å². The van der Waals surface area contributed by atoms with Gasteiger partial charge in [0.05, 0.1) is 6.04 Å². The van der Waals surface area contributed by atoms with Crippen molar-refractivity contribution in [3.63, 3.8) is 0 Å². The van der Waals surface area contributed by atoms with Gasteiger partial charge in [-0.05, 0) is 58.2 Å². The molecule has 1 fully saturated rings. The van der Waals surface area contributed by atoms with E-state index in [9.17, 15) is 9.59 Å². The molecule has 1 saturated heterocycles. The summed E-state index contributed by atoms with van der Waals surface area (Å²) in [5, 5.41) is 6.57. The predicted octanol–water partition coefficient (Wildman–Crippen LogP) is 3.33. The molecule has 0 spiro atoms. The van der Waals surface area contributed by atoms with E-state index in [2.05, 4.69) is 15.5 Å². The Balaban J connectivity index is 1.73. The second kappa shape index (κ2) is 9.42. The van der Waals surface area contributed by atoms with Crippen LogP contribution in [-0.2, 0) is 16.1 Å². The number of halogens is 1. The van der Waals surface area contributed by atoms with E-state index in [-0.39, 0.29) is 24.1 Å². The topological polar surface area (TPSA) is 70.7 Å². The number of piperidine rings is 1. The number of nitrogens with zero attached hydrogens (tertiary/aromatic N) is 1. The molecule has 1 aromatic rings. The number of carbonyl (C=O) groups excluding carboxylic acids is 2. The third-order valence-corrected chi connectivity index (χ3v) is 4.81. The molecule has 1 aliphatic heterocycles. The summed E-state index contributed by atoms with van der Waals surface area (Å²) in [6.07, 6.45) is 1.22. The summed E-state index contributed by atoms with van der Waals surface area (Å²) < 4.78 is 5.30. The third kappa shape index (κ3) is 7.39. The Morgan fingerprint density at radius 2 is 1.81 bits per heavy atom. The van der Waals surface area contributed by atoms with Crippen LogP contribution >= 0.6 is 11.6 Å². The molecule has 2 N–H and O–H groups in total. The first-order valence-corrected chi connectivity index (χ1v) is 9.77. The zero-order chi connectivity index (χ0) is 20.0. The van der Waals surface area contributed by atoms with E-state index in [0.717, 1.165) is 31.5 Å². The van der Waals surface area contributed by atoms with Gasteiger partial charge >= 0.3 is 6.09 Å². The van der Waals surface area contributed by atoms with Crippen molar-refractivity contribution in [2.75, 3.05) is 13.1 Å². The maximum absolute atomic E-state index is 12.4. The van der Waals surface area contributed by atoms with Gasteiger partial charge in [0.1, 0.15) is 5.60 Å². The van der Waals surface area contributed by atoms with E-state index >= 15 is 0 Å². The normalized spacial score (nSPS) is 17.2. The Morgan fingerprint density at radius 1 is 1.22 bits per heavy atom. The number of carbonyl (C=O) groups is 2. The van der Waals surface area contributed by atoms with Gasteiger partial charge in [-0.2, -0.15) is 0 Å². The van der Waals surface area contributed by atoms with Crippen LogP contribution in [0.4, 0.5) is 4.79 Å². The number of rotatable bonds is 5. The zero-order valence-electron chi connectivity index (χ0n) is 16.5. The molecular weight excluding hydrogens is 366 g/mol. The number of amides is 2. The lowest BCUT2D eigenvalue weighted by molar-refractivity contribution is -0.126. The van der Waals surface area contributed by atoms with Gasteiger partial charge in [-0.1, -0.05) is 23.7 Å². The molecule has 150 valence electrons. The largest absolute Gasteiger partial charge is 0.444 e. The molecule has 0 aromatic heterocycles. The summed E-state index contributed by atoms with van der Waals surface area (Å²) in [5.41, 5.74) is 0.516. The van der Waals surface area contributed by atoms with Crippen LogP contribution in [0, 0.1) is 0 Å². The van der Waals surface area contributed by atoms with Crippen molar-refractivity contribution in [2.24, 2.45) is 0 Å². The Morgan fingerprint density at radius 3 is 2.37 bits per heavy atom. The number of hydrogen-bond donors (Lipinski definition) is 2. The van der Waals surface area contributed by atoms with Crippen LogP contribution in [0.5, 0.6) is 0 Å². The maximum Gasteiger partial charge on any atom is 0.407 e. The van der Waals surface area contributed by atoms with Crippen molar-refractivity contribution >= 4 is 23.6 Å². The van der Waals surface area contributed by atoms with Crippen molar-refractivity contribution in [1.82, 2.24) is 15.5 Å². The first kappa shape index (κ1) is 21.5. The summed E-state index contributed by atoms with van der Waals surface area (Å²) in [7, 11) is 0. The number of ether oxygens (including phenoxy) is 1. The highest BCUT2D eigenvalue weighted by atomic mass is 35.5. The second-order valence-electron chi connectivity index (χ2n) is 7.98. The molecule has 1 atom stereocenters. The van der Waals surface area contributed by atoms with Crippen LogP contribution in [0.2, 0.25) is 5.02 Å². The average molecular weight is 396 g/mol. The van der Waals surface area contributed by atoms with Gasteiger partial charge in [0, 0.05) is 30.7 Å². The lowest BCUT2D eigenvalue weighted by atomic mass is 10.0. The van der Waals surface area contributed by atoms with Crippen molar-refractivity contribution < 1.29 is 14.3 Å². The lowest BCUT2D eigenvalue weighted by Gasteiger charge is -2.35. The Kier molecular flexibility index (Phi) is 7.50. The molecule has 27 heavy (non-hydrogen) atoms. The van der Waals surface area contributed by atoms with Crippen LogP contribution in [0.25, 0.3) is 0 Å². The summed E-state index contributed by atoms with van der Waals surface area (Å²) in [6, 6.07) is 7.31. The minimum Gasteiger partial charge on any atom is -0.444 e. The van der Waals surface area contributed by atoms with Crippen molar-refractivity contribution in [3.8, 4) is 0 Å². The third-order valence-electron chi connectivity index (χ3n) is 4.56. The molecular formula is C20H30ClN3O3. The molecule has 1 heterocycles. The molecule has 0 aliphatic carbocycles. The fraction of sp³-hybridized carbons (Fsp3) is 0.600. The number of nitrogens with one attached hydrogen (secondary N) is 2. The highest BCUT2D eigenvalue weighted by Gasteiger charge is 2.28. The highest BCUT2D eigenvalue weighted by molar-refractivity contribution is 6.30. The van der Waals surface area contributed by atoms with Gasteiger partial charge in [0.2, 0.25) is 5.91 Å². The molecule has 0 bridgehead atoms. The Labute approximate surface area is 166 Å². The van der Waals surface area contributed by atoms with Crippen molar-refractivity contribution in [3.05, 3.63) is 34.9 Å². The van der Waals surface area contributed by atoms with E-state index in [1.54, 1.807) is 0 Å². The van der Waals surface area contributed by atoms with E-state index in [0.29, 0.717) is 11.6 Å². The molecule has 1 unspecified atom stereocenters. The number of hydrogen-bond acceptors (Lipinski definition) is 4. The summed E-state index contributed by atoms with van der Waals surface area (Å²) in [4.78, 5) is 26.4. The quantitative estimate of drug-likeness (QED) is 0.802. The number of benzene rings is 1. The summed E-state index contributed by atoms with van der Waals surface area (Å²) in [6.45, 7) is 9.46. The first-order chi connectivity index (χ1) is 12.6.